The van der Waals surface area contributed by atoms with Crippen molar-refractivity contribution >= 4 is 29.3 Å². The Hall–Kier alpha value is -2.67. The first kappa shape index (κ1) is 19.6. The highest BCUT2D eigenvalue weighted by molar-refractivity contribution is 6.30. The van der Waals surface area contributed by atoms with Gasteiger partial charge in [-0.2, -0.15) is 0 Å². The zero-order chi connectivity index (χ0) is 20.9. The van der Waals surface area contributed by atoms with Gasteiger partial charge in [-0.15, -0.1) is 0 Å². The number of benzene rings is 1. The number of imide groups is 1. The molecule has 0 bridgehead atoms. The van der Waals surface area contributed by atoms with Gasteiger partial charge < -0.3 is 9.88 Å². The summed E-state index contributed by atoms with van der Waals surface area (Å²) >= 11 is 5.90. The number of nitrogens with zero attached hydrogens (tertiary/aromatic N) is 2. The molecule has 152 valence electrons. The molecule has 8 heteroatoms. The van der Waals surface area contributed by atoms with Gasteiger partial charge in [0.15, 0.2) is 5.78 Å². The Morgan fingerprint density at radius 3 is 2.55 bits per heavy atom. The number of carbonyl (C=O) groups is 3. The quantitative estimate of drug-likeness (QED) is 0.605. The van der Waals surface area contributed by atoms with Gasteiger partial charge in [-0.25, -0.2) is 9.18 Å². The smallest absolute Gasteiger partial charge is 0.323 e. The molecule has 1 N–H and O–H groups in total. The maximum absolute atomic E-state index is 13.5. The van der Waals surface area contributed by atoms with Crippen molar-refractivity contribution in [3.05, 3.63) is 52.1 Å². The minimum absolute atomic E-state index is 0.0101. The summed E-state index contributed by atoms with van der Waals surface area (Å²) in [5.41, 5.74) is 1.61. The highest BCUT2D eigenvalue weighted by atomic mass is 35.5. The van der Waals surface area contributed by atoms with Crippen molar-refractivity contribution in [1.29, 1.82) is 0 Å². The number of hydrogen-bond acceptors (Lipinski definition) is 3. The number of carbonyl (C=O) groups excluding carboxylic acids is 3. The van der Waals surface area contributed by atoms with Crippen LogP contribution in [-0.4, -0.2) is 39.3 Å². The third-order valence-corrected chi connectivity index (χ3v) is 6.19. The number of hydrogen-bond donors (Lipinski definition) is 1. The second-order valence-corrected chi connectivity index (χ2v) is 8.16. The van der Waals surface area contributed by atoms with Gasteiger partial charge in [-0.1, -0.05) is 24.4 Å². The number of rotatable bonds is 4. The number of halogens is 2. The van der Waals surface area contributed by atoms with Gasteiger partial charge in [-0.05, 0) is 51.0 Å². The summed E-state index contributed by atoms with van der Waals surface area (Å²) in [6.45, 7) is 3.28. The van der Waals surface area contributed by atoms with Crippen LogP contribution in [-0.2, 0) is 4.79 Å². The zero-order valence-electron chi connectivity index (χ0n) is 16.2. The van der Waals surface area contributed by atoms with E-state index >= 15 is 0 Å². The SMILES string of the molecule is Cc1cc(C(=O)CN2C(=O)NC3(CCCC3)C2=O)c(C)n1-c1ccc(F)c(Cl)c1. The predicted molar refractivity (Wildman–Crippen MR) is 106 cm³/mol. The van der Waals surface area contributed by atoms with Crippen LogP contribution in [0.5, 0.6) is 0 Å². The Bertz CT molecular complexity index is 1040. The molecule has 1 aromatic carbocycles. The van der Waals surface area contributed by atoms with Crippen molar-refractivity contribution in [2.75, 3.05) is 6.54 Å². The van der Waals surface area contributed by atoms with E-state index in [1.807, 2.05) is 6.92 Å². The molecule has 1 saturated carbocycles. The van der Waals surface area contributed by atoms with E-state index in [4.69, 9.17) is 11.6 Å². The van der Waals surface area contributed by atoms with E-state index in [1.54, 1.807) is 23.6 Å². The number of urea groups is 1. The number of ketones is 1. The molecule has 2 aliphatic rings. The minimum Gasteiger partial charge on any atom is -0.323 e. The van der Waals surface area contributed by atoms with Crippen LogP contribution >= 0.6 is 11.6 Å². The first-order chi connectivity index (χ1) is 13.7. The molecule has 1 saturated heterocycles. The van der Waals surface area contributed by atoms with Crippen LogP contribution in [0, 0.1) is 19.7 Å². The van der Waals surface area contributed by atoms with E-state index in [1.165, 1.54) is 12.1 Å². The van der Waals surface area contributed by atoms with Gasteiger partial charge in [0.05, 0.1) is 11.6 Å². The van der Waals surface area contributed by atoms with Crippen LogP contribution in [0.1, 0.15) is 47.4 Å². The van der Waals surface area contributed by atoms with E-state index in [9.17, 15) is 18.8 Å². The third-order valence-electron chi connectivity index (χ3n) is 5.90. The van der Waals surface area contributed by atoms with E-state index in [-0.39, 0.29) is 23.3 Å². The zero-order valence-corrected chi connectivity index (χ0v) is 17.0. The minimum atomic E-state index is -0.834. The highest BCUT2D eigenvalue weighted by Gasteiger charge is 2.52. The molecule has 6 nitrogen and oxygen atoms in total. The Kier molecular flexibility index (Phi) is 4.73. The van der Waals surface area contributed by atoms with Crippen molar-refractivity contribution in [3.63, 3.8) is 0 Å². The van der Waals surface area contributed by atoms with Gasteiger partial charge in [-0.3, -0.25) is 14.5 Å². The lowest BCUT2D eigenvalue weighted by Crippen LogP contribution is -2.44. The molecule has 1 aliphatic carbocycles. The molecule has 2 fully saturated rings. The van der Waals surface area contributed by atoms with Crippen LogP contribution in [0.4, 0.5) is 9.18 Å². The second-order valence-electron chi connectivity index (χ2n) is 7.75. The molecule has 1 aromatic heterocycles. The molecule has 29 heavy (non-hydrogen) atoms. The van der Waals surface area contributed by atoms with Gasteiger partial charge in [0.25, 0.3) is 5.91 Å². The van der Waals surface area contributed by atoms with Crippen molar-refractivity contribution in [2.45, 2.75) is 45.1 Å². The summed E-state index contributed by atoms with van der Waals surface area (Å²) in [4.78, 5) is 39.1. The van der Waals surface area contributed by atoms with E-state index in [0.29, 0.717) is 29.8 Å². The Morgan fingerprint density at radius 2 is 1.90 bits per heavy atom. The number of aromatic nitrogens is 1. The molecule has 0 atom stereocenters. The molecule has 2 aromatic rings. The lowest BCUT2D eigenvalue weighted by atomic mass is 9.98. The first-order valence-electron chi connectivity index (χ1n) is 9.55. The van der Waals surface area contributed by atoms with E-state index < -0.39 is 17.4 Å². The monoisotopic (exact) mass is 417 g/mol. The molecule has 0 unspecified atom stereocenters. The first-order valence-corrected chi connectivity index (χ1v) is 9.93. The lowest BCUT2D eigenvalue weighted by Gasteiger charge is -2.19. The maximum atomic E-state index is 13.5. The Morgan fingerprint density at radius 1 is 1.21 bits per heavy atom. The van der Waals surface area contributed by atoms with Crippen LogP contribution in [0.2, 0.25) is 5.02 Å². The van der Waals surface area contributed by atoms with E-state index in [2.05, 4.69) is 5.32 Å². The standard InChI is InChI=1S/C21H21ClFN3O3/c1-12-9-15(13(2)26(12)14-5-6-17(23)16(22)10-14)18(27)11-25-19(28)21(24-20(25)29)7-3-4-8-21/h5-6,9-10H,3-4,7-8,11H2,1-2H3,(H,24,29). The average Bonchev–Trinajstić information content (AvgIpc) is 3.32. The molecule has 1 aliphatic heterocycles. The fourth-order valence-corrected chi connectivity index (χ4v) is 4.61. The van der Waals surface area contributed by atoms with Crippen molar-refractivity contribution in [2.24, 2.45) is 0 Å². The van der Waals surface area contributed by atoms with Crippen molar-refractivity contribution < 1.29 is 18.8 Å². The van der Waals surface area contributed by atoms with Crippen LogP contribution in [0.15, 0.2) is 24.3 Å². The fourth-order valence-electron chi connectivity index (χ4n) is 4.43. The molecule has 3 amide bonds. The summed E-state index contributed by atoms with van der Waals surface area (Å²) in [6, 6.07) is 5.54. The second kappa shape index (κ2) is 6.99. The van der Waals surface area contributed by atoms with Crippen LogP contribution in [0.3, 0.4) is 0 Å². The molecule has 4 rings (SSSR count). The van der Waals surface area contributed by atoms with E-state index in [0.717, 1.165) is 23.4 Å². The number of Topliss-reactive ketones (excluding diaryl/α,β-unsaturated/α-hetero) is 1. The van der Waals surface area contributed by atoms with Gasteiger partial charge in [0.1, 0.15) is 11.4 Å². The largest absolute Gasteiger partial charge is 0.325 e. The molecule has 0 radical (unpaired) electrons. The topological polar surface area (TPSA) is 71.4 Å². The Balaban J connectivity index is 1.61. The molecular weight excluding hydrogens is 397 g/mol. The molecular formula is C21H21ClFN3O3. The van der Waals surface area contributed by atoms with Crippen LogP contribution < -0.4 is 5.32 Å². The summed E-state index contributed by atoms with van der Waals surface area (Å²) in [6.07, 6.45) is 2.99. The van der Waals surface area contributed by atoms with Gasteiger partial charge in [0, 0.05) is 22.6 Å². The summed E-state index contributed by atoms with van der Waals surface area (Å²) in [5, 5.41) is 2.77. The highest BCUT2D eigenvalue weighted by Crippen LogP contribution is 2.35. The van der Waals surface area contributed by atoms with Gasteiger partial charge >= 0.3 is 6.03 Å². The average molecular weight is 418 g/mol. The Labute approximate surface area is 172 Å². The lowest BCUT2D eigenvalue weighted by molar-refractivity contribution is -0.130. The summed E-state index contributed by atoms with van der Waals surface area (Å²) < 4.78 is 15.3. The molecule has 1 spiro atoms. The summed E-state index contributed by atoms with van der Waals surface area (Å²) in [7, 11) is 0. The van der Waals surface area contributed by atoms with Gasteiger partial charge in [0.2, 0.25) is 0 Å². The summed E-state index contributed by atoms with van der Waals surface area (Å²) in [5.74, 6) is -1.16. The van der Waals surface area contributed by atoms with Crippen LogP contribution in [0.25, 0.3) is 5.69 Å². The number of amides is 3. The maximum Gasteiger partial charge on any atom is 0.325 e. The number of nitrogens with one attached hydrogen (secondary N) is 1. The molecule has 2 heterocycles. The third kappa shape index (κ3) is 3.13. The fraction of sp³-hybridized carbons (Fsp3) is 0.381. The normalized spacial score (nSPS) is 18.0. The predicted octanol–water partition coefficient (Wildman–Crippen LogP) is 3.93. The van der Waals surface area contributed by atoms with Crippen molar-refractivity contribution in [3.8, 4) is 5.69 Å². The van der Waals surface area contributed by atoms with Crippen molar-refractivity contribution in [1.82, 2.24) is 14.8 Å². The number of aryl methyl sites for hydroxylation is 1.